The first kappa shape index (κ1) is 12.9. The highest BCUT2D eigenvalue weighted by Gasteiger charge is 2.39. The molecule has 0 radical (unpaired) electrons. The first-order chi connectivity index (χ1) is 9.01. The van der Waals surface area contributed by atoms with E-state index >= 15 is 0 Å². The van der Waals surface area contributed by atoms with Gasteiger partial charge < -0.3 is 10.2 Å². The topological polar surface area (TPSA) is 108 Å². The summed E-state index contributed by atoms with van der Waals surface area (Å²) >= 11 is 0. The van der Waals surface area contributed by atoms with Crippen molar-refractivity contribution in [2.45, 2.75) is 11.8 Å². The Morgan fingerprint density at radius 1 is 1.32 bits per heavy atom. The fourth-order valence-corrected chi connectivity index (χ4v) is 1.52. The van der Waals surface area contributed by atoms with Gasteiger partial charge >= 0.3 is 5.72 Å². The van der Waals surface area contributed by atoms with Crippen LogP contribution in [0.1, 0.15) is 0 Å². The van der Waals surface area contributed by atoms with Crippen LogP contribution in [-0.4, -0.2) is 26.9 Å². The SMILES string of the molecule is O=[N+]([O-])C1(O)C=CC(N=Nc2ccccc2)C(O)=C1. The van der Waals surface area contributed by atoms with Gasteiger partial charge in [0.15, 0.2) is 0 Å². The van der Waals surface area contributed by atoms with Crippen molar-refractivity contribution in [3.8, 4) is 0 Å². The van der Waals surface area contributed by atoms with Crippen LogP contribution in [0.5, 0.6) is 0 Å². The van der Waals surface area contributed by atoms with Gasteiger partial charge in [0.25, 0.3) is 0 Å². The summed E-state index contributed by atoms with van der Waals surface area (Å²) in [6.07, 6.45) is 2.92. The fraction of sp³-hybridized carbons (Fsp3) is 0.167. The lowest BCUT2D eigenvalue weighted by Gasteiger charge is -2.17. The molecule has 1 aromatic rings. The molecule has 2 unspecified atom stereocenters. The summed E-state index contributed by atoms with van der Waals surface area (Å²) in [5, 5.41) is 37.5. The smallest absolute Gasteiger partial charge is 0.365 e. The third-order valence-corrected chi connectivity index (χ3v) is 2.53. The molecule has 2 N–H and O–H groups in total. The summed E-state index contributed by atoms with van der Waals surface area (Å²) in [5.74, 6) is -0.415. The highest BCUT2D eigenvalue weighted by atomic mass is 16.7. The minimum Gasteiger partial charge on any atom is -0.510 e. The number of nitro groups is 1. The Labute approximate surface area is 108 Å². The van der Waals surface area contributed by atoms with E-state index in [-0.39, 0.29) is 0 Å². The summed E-state index contributed by atoms with van der Waals surface area (Å²) in [4.78, 5) is 9.69. The van der Waals surface area contributed by atoms with Gasteiger partial charge in [0.05, 0.1) is 16.7 Å². The van der Waals surface area contributed by atoms with Gasteiger partial charge in [0.1, 0.15) is 11.8 Å². The maximum atomic E-state index is 10.6. The lowest BCUT2D eigenvalue weighted by atomic mass is 10.0. The normalized spacial score (nSPS) is 26.4. The fourth-order valence-electron chi connectivity index (χ4n) is 1.52. The quantitative estimate of drug-likeness (QED) is 0.285. The molecule has 7 heteroatoms. The molecule has 0 spiro atoms. The van der Waals surface area contributed by atoms with Crippen LogP contribution in [0, 0.1) is 10.1 Å². The van der Waals surface area contributed by atoms with Gasteiger partial charge in [-0.05, 0) is 18.2 Å². The second-order valence-electron chi connectivity index (χ2n) is 3.96. The van der Waals surface area contributed by atoms with Gasteiger partial charge in [-0.15, -0.1) is 0 Å². The van der Waals surface area contributed by atoms with Gasteiger partial charge in [-0.3, -0.25) is 10.1 Å². The summed E-state index contributed by atoms with van der Waals surface area (Å²) in [7, 11) is 0. The molecule has 2 atom stereocenters. The predicted octanol–water partition coefficient (Wildman–Crippen LogP) is 2.12. The Morgan fingerprint density at radius 2 is 2.00 bits per heavy atom. The highest BCUT2D eigenvalue weighted by Crippen LogP contribution is 2.23. The third-order valence-electron chi connectivity index (χ3n) is 2.53. The summed E-state index contributed by atoms with van der Waals surface area (Å²) in [6, 6.07) is 8.02. The average molecular weight is 261 g/mol. The molecular formula is C12H11N3O4. The van der Waals surface area contributed by atoms with E-state index in [1.54, 1.807) is 24.3 Å². The molecule has 0 amide bonds. The van der Waals surface area contributed by atoms with E-state index in [0.29, 0.717) is 5.69 Å². The molecule has 2 rings (SSSR count). The number of aliphatic hydroxyl groups excluding tert-OH is 1. The number of rotatable bonds is 3. The third kappa shape index (κ3) is 2.83. The van der Waals surface area contributed by atoms with Crippen LogP contribution in [0.2, 0.25) is 0 Å². The number of azo groups is 1. The van der Waals surface area contributed by atoms with Gasteiger partial charge in [-0.1, -0.05) is 18.2 Å². The number of hydrogen-bond acceptors (Lipinski definition) is 6. The van der Waals surface area contributed by atoms with E-state index in [2.05, 4.69) is 10.2 Å². The van der Waals surface area contributed by atoms with Crippen molar-refractivity contribution in [2.75, 3.05) is 0 Å². The zero-order chi connectivity index (χ0) is 13.9. The molecule has 0 aromatic heterocycles. The number of aliphatic hydroxyl groups is 2. The minimum atomic E-state index is -2.39. The molecule has 1 aliphatic rings. The summed E-state index contributed by atoms with van der Waals surface area (Å²) in [5.41, 5.74) is -1.79. The molecule has 7 nitrogen and oxygen atoms in total. The zero-order valence-electron chi connectivity index (χ0n) is 9.75. The van der Waals surface area contributed by atoms with Crippen molar-refractivity contribution in [3.05, 3.63) is 64.4 Å². The maximum absolute atomic E-state index is 10.6. The number of hydrogen-bond donors (Lipinski definition) is 2. The Bertz CT molecular complexity index is 568. The van der Waals surface area contributed by atoms with E-state index < -0.39 is 22.4 Å². The summed E-state index contributed by atoms with van der Waals surface area (Å²) in [6.45, 7) is 0. The summed E-state index contributed by atoms with van der Waals surface area (Å²) < 4.78 is 0. The molecule has 0 fully saturated rings. The van der Waals surface area contributed by atoms with Crippen LogP contribution in [0.25, 0.3) is 0 Å². The van der Waals surface area contributed by atoms with Crippen molar-refractivity contribution < 1.29 is 15.1 Å². The molecule has 19 heavy (non-hydrogen) atoms. The van der Waals surface area contributed by atoms with Gasteiger partial charge in [-0.25, -0.2) is 0 Å². The largest absolute Gasteiger partial charge is 0.510 e. The molecular weight excluding hydrogens is 250 g/mol. The highest BCUT2D eigenvalue weighted by molar-refractivity contribution is 5.35. The van der Waals surface area contributed by atoms with E-state index in [0.717, 1.165) is 12.2 Å². The van der Waals surface area contributed by atoms with Crippen LogP contribution in [-0.2, 0) is 0 Å². The lowest BCUT2D eigenvalue weighted by molar-refractivity contribution is -0.592. The molecule has 0 saturated carbocycles. The number of nitrogens with zero attached hydrogens (tertiary/aromatic N) is 3. The second-order valence-corrected chi connectivity index (χ2v) is 3.96. The van der Waals surface area contributed by atoms with E-state index in [1.807, 2.05) is 6.07 Å². The predicted molar refractivity (Wildman–Crippen MR) is 66.5 cm³/mol. The zero-order valence-corrected chi connectivity index (χ0v) is 9.75. The Morgan fingerprint density at radius 3 is 2.58 bits per heavy atom. The molecule has 0 aliphatic heterocycles. The Hall–Kier alpha value is -2.54. The van der Waals surface area contributed by atoms with E-state index in [9.17, 15) is 20.3 Å². The van der Waals surface area contributed by atoms with E-state index in [4.69, 9.17) is 0 Å². The van der Waals surface area contributed by atoms with Crippen LogP contribution in [0.4, 0.5) is 5.69 Å². The molecule has 98 valence electrons. The van der Waals surface area contributed by atoms with Crippen LogP contribution >= 0.6 is 0 Å². The van der Waals surface area contributed by atoms with Crippen molar-refractivity contribution in [2.24, 2.45) is 10.2 Å². The lowest BCUT2D eigenvalue weighted by Crippen LogP contribution is -2.37. The van der Waals surface area contributed by atoms with Crippen molar-refractivity contribution in [3.63, 3.8) is 0 Å². The van der Waals surface area contributed by atoms with E-state index in [1.165, 1.54) is 6.08 Å². The first-order valence-electron chi connectivity index (χ1n) is 5.45. The second kappa shape index (κ2) is 4.99. The molecule has 1 aromatic carbocycles. The average Bonchev–Trinajstić information content (AvgIpc) is 2.39. The van der Waals surface area contributed by atoms with Crippen LogP contribution in [0.3, 0.4) is 0 Å². The Balaban J connectivity index is 2.15. The van der Waals surface area contributed by atoms with Crippen LogP contribution < -0.4 is 0 Å². The molecule has 1 aliphatic carbocycles. The minimum absolute atomic E-state index is 0.415. The maximum Gasteiger partial charge on any atom is 0.365 e. The molecule has 0 saturated heterocycles. The van der Waals surface area contributed by atoms with Crippen molar-refractivity contribution >= 4 is 5.69 Å². The van der Waals surface area contributed by atoms with Crippen molar-refractivity contribution in [1.29, 1.82) is 0 Å². The van der Waals surface area contributed by atoms with Gasteiger partial charge in [-0.2, -0.15) is 10.2 Å². The molecule has 0 bridgehead atoms. The van der Waals surface area contributed by atoms with Crippen molar-refractivity contribution in [1.82, 2.24) is 0 Å². The van der Waals surface area contributed by atoms with Gasteiger partial charge in [0.2, 0.25) is 0 Å². The monoisotopic (exact) mass is 261 g/mol. The molecule has 0 heterocycles. The first-order valence-corrected chi connectivity index (χ1v) is 5.45. The Kier molecular flexibility index (Phi) is 3.39. The number of benzene rings is 1. The van der Waals surface area contributed by atoms with Gasteiger partial charge in [0, 0.05) is 6.08 Å². The van der Waals surface area contributed by atoms with Crippen LogP contribution in [0.15, 0.2) is 64.5 Å². The standard InChI is InChI=1S/C12H11N3O4/c16-11-8-12(17,15(18)19)7-6-10(11)14-13-9-4-2-1-3-5-9/h1-8,10,16-17H.